The molecule has 0 aromatic carbocycles. The van der Waals surface area contributed by atoms with Crippen molar-refractivity contribution in [3.8, 4) is 5.82 Å². The van der Waals surface area contributed by atoms with Gasteiger partial charge in [-0.25, -0.2) is 9.97 Å². The number of imidazole rings is 1. The molecule has 0 unspecified atom stereocenters. The molecule has 1 fully saturated rings. The lowest BCUT2D eigenvalue weighted by Crippen LogP contribution is -2.39. The monoisotopic (exact) mass is 365 g/mol. The molecular formula is C19H23N7O. The van der Waals surface area contributed by atoms with E-state index in [0.717, 1.165) is 25.2 Å². The predicted octanol–water partition coefficient (Wildman–Crippen LogP) is 2.46. The molecule has 140 valence electrons. The van der Waals surface area contributed by atoms with Crippen molar-refractivity contribution in [1.29, 1.82) is 0 Å². The number of carbonyl (C=O) groups excluding carboxylic acids is 1. The van der Waals surface area contributed by atoms with Crippen LogP contribution in [-0.2, 0) is 0 Å². The fourth-order valence-electron chi connectivity index (χ4n) is 3.64. The number of hydrogen-bond donors (Lipinski definition) is 0. The van der Waals surface area contributed by atoms with Gasteiger partial charge in [0.2, 0.25) is 0 Å². The summed E-state index contributed by atoms with van der Waals surface area (Å²) in [5.74, 6) is 2.00. The van der Waals surface area contributed by atoms with Crippen LogP contribution in [0.1, 0.15) is 54.8 Å². The molecule has 27 heavy (non-hydrogen) atoms. The summed E-state index contributed by atoms with van der Waals surface area (Å²) < 4.78 is 3.89. The van der Waals surface area contributed by atoms with Gasteiger partial charge >= 0.3 is 0 Å². The molecule has 4 rings (SSSR count). The summed E-state index contributed by atoms with van der Waals surface area (Å²) in [7, 11) is 0. The lowest BCUT2D eigenvalue weighted by molar-refractivity contribution is 0.0703. The minimum Gasteiger partial charge on any atom is -0.338 e. The van der Waals surface area contributed by atoms with E-state index < -0.39 is 0 Å². The van der Waals surface area contributed by atoms with Gasteiger partial charge in [-0.2, -0.15) is 0 Å². The number of rotatable bonds is 4. The highest BCUT2D eigenvalue weighted by molar-refractivity contribution is 5.94. The first-order valence-corrected chi connectivity index (χ1v) is 9.26. The summed E-state index contributed by atoms with van der Waals surface area (Å²) in [6.45, 7) is 5.76. The van der Waals surface area contributed by atoms with Crippen LogP contribution in [0, 0.1) is 0 Å². The van der Waals surface area contributed by atoms with Gasteiger partial charge in [-0.3, -0.25) is 9.36 Å². The predicted molar refractivity (Wildman–Crippen MR) is 99.6 cm³/mol. The number of carbonyl (C=O) groups is 1. The summed E-state index contributed by atoms with van der Waals surface area (Å²) in [6, 6.07) is 3.90. The fourth-order valence-corrected chi connectivity index (χ4v) is 3.64. The van der Waals surface area contributed by atoms with Crippen LogP contribution in [0.5, 0.6) is 0 Å². The SMILES string of the molecule is CC(C)n1ccnc1[C@H]1CCCN(C(=O)c2ccnc(-n3cnnc3)c2)C1. The zero-order valence-electron chi connectivity index (χ0n) is 15.6. The highest BCUT2D eigenvalue weighted by Gasteiger charge is 2.28. The molecule has 1 amide bonds. The molecule has 8 nitrogen and oxygen atoms in total. The average Bonchev–Trinajstić information content (AvgIpc) is 3.39. The van der Waals surface area contributed by atoms with Crippen LogP contribution in [-0.4, -0.2) is 53.2 Å². The second-order valence-electron chi connectivity index (χ2n) is 7.15. The van der Waals surface area contributed by atoms with E-state index in [1.165, 1.54) is 0 Å². The maximum absolute atomic E-state index is 13.1. The third kappa shape index (κ3) is 3.47. The van der Waals surface area contributed by atoms with Crippen molar-refractivity contribution >= 4 is 5.91 Å². The van der Waals surface area contributed by atoms with E-state index in [-0.39, 0.29) is 11.8 Å². The maximum Gasteiger partial charge on any atom is 0.254 e. The Kier molecular flexibility index (Phi) is 4.70. The second kappa shape index (κ2) is 7.30. The van der Waals surface area contributed by atoms with Gasteiger partial charge in [0.25, 0.3) is 5.91 Å². The Morgan fingerprint density at radius 2 is 2.00 bits per heavy atom. The molecule has 0 radical (unpaired) electrons. The number of nitrogens with zero attached hydrogens (tertiary/aromatic N) is 7. The van der Waals surface area contributed by atoms with E-state index >= 15 is 0 Å². The Balaban J connectivity index is 1.54. The Hall–Kier alpha value is -3.03. The number of hydrogen-bond acceptors (Lipinski definition) is 5. The lowest BCUT2D eigenvalue weighted by Gasteiger charge is -2.33. The van der Waals surface area contributed by atoms with E-state index in [4.69, 9.17) is 0 Å². The Morgan fingerprint density at radius 1 is 1.19 bits per heavy atom. The van der Waals surface area contributed by atoms with Crippen molar-refractivity contribution in [3.05, 3.63) is 54.8 Å². The largest absolute Gasteiger partial charge is 0.338 e. The van der Waals surface area contributed by atoms with Crippen molar-refractivity contribution in [3.63, 3.8) is 0 Å². The molecule has 0 bridgehead atoms. The first-order chi connectivity index (χ1) is 13.1. The van der Waals surface area contributed by atoms with Gasteiger partial charge in [0.05, 0.1) is 0 Å². The summed E-state index contributed by atoms with van der Waals surface area (Å²) in [6.07, 6.45) is 10.7. The van der Waals surface area contributed by atoms with Gasteiger partial charge < -0.3 is 9.47 Å². The van der Waals surface area contributed by atoms with Gasteiger partial charge in [0.15, 0.2) is 0 Å². The molecule has 3 aromatic heterocycles. The van der Waals surface area contributed by atoms with E-state index in [1.54, 1.807) is 35.6 Å². The van der Waals surface area contributed by atoms with Crippen LogP contribution in [0.15, 0.2) is 43.4 Å². The van der Waals surface area contributed by atoms with E-state index in [1.807, 2.05) is 17.3 Å². The van der Waals surface area contributed by atoms with Crippen molar-refractivity contribution < 1.29 is 4.79 Å². The molecule has 1 saturated heterocycles. The summed E-state index contributed by atoms with van der Waals surface area (Å²) >= 11 is 0. The average molecular weight is 365 g/mol. The zero-order valence-corrected chi connectivity index (χ0v) is 15.6. The number of amides is 1. The molecule has 0 saturated carbocycles. The minimum absolute atomic E-state index is 0.0269. The summed E-state index contributed by atoms with van der Waals surface area (Å²) in [5, 5.41) is 7.58. The molecular weight excluding hydrogens is 342 g/mol. The topological polar surface area (TPSA) is 81.7 Å². The van der Waals surface area contributed by atoms with Crippen LogP contribution < -0.4 is 0 Å². The molecule has 1 aliphatic heterocycles. The quantitative estimate of drug-likeness (QED) is 0.709. The molecule has 8 heteroatoms. The van der Waals surface area contributed by atoms with Crippen LogP contribution in [0.3, 0.4) is 0 Å². The standard InChI is InChI=1S/C19H23N7O/c1-14(2)26-9-7-21-18(26)16-4-3-8-24(11-16)19(27)15-5-6-20-17(10-15)25-12-22-23-13-25/h5-7,9-10,12-14,16H,3-4,8,11H2,1-2H3/t16-/m0/s1. The van der Waals surface area contributed by atoms with Crippen molar-refractivity contribution in [2.24, 2.45) is 0 Å². The molecule has 0 aliphatic carbocycles. The lowest BCUT2D eigenvalue weighted by atomic mass is 9.96. The molecule has 1 atom stereocenters. The first-order valence-electron chi connectivity index (χ1n) is 9.26. The molecule has 0 N–H and O–H groups in total. The number of likely N-dealkylation sites (tertiary alicyclic amines) is 1. The maximum atomic E-state index is 13.1. The number of piperidine rings is 1. The third-order valence-corrected chi connectivity index (χ3v) is 5.00. The number of pyridine rings is 1. The van der Waals surface area contributed by atoms with Crippen LogP contribution in [0.25, 0.3) is 5.82 Å². The van der Waals surface area contributed by atoms with Gasteiger partial charge in [-0.05, 0) is 38.8 Å². The second-order valence-corrected chi connectivity index (χ2v) is 7.15. The molecule has 4 heterocycles. The normalized spacial score (nSPS) is 17.4. The third-order valence-electron chi connectivity index (χ3n) is 5.00. The Morgan fingerprint density at radius 3 is 2.78 bits per heavy atom. The van der Waals surface area contributed by atoms with Crippen LogP contribution in [0.2, 0.25) is 0 Å². The van der Waals surface area contributed by atoms with Crippen molar-refractivity contribution in [2.75, 3.05) is 13.1 Å². The van der Waals surface area contributed by atoms with E-state index in [2.05, 4.69) is 38.6 Å². The summed E-state index contributed by atoms with van der Waals surface area (Å²) in [5.41, 5.74) is 0.626. The zero-order chi connectivity index (χ0) is 18.8. The highest BCUT2D eigenvalue weighted by Crippen LogP contribution is 2.28. The molecule has 3 aromatic rings. The van der Waals surface area contributed by atoms with Crippen molar-refractivity contribution in [1.82, 2.24) is 34.2 Å². The molecule has 1 aliphatic rings. The Bertz CT molecular complexity index is 916. The van der Waals surface area contributed by atoms with Crippen LogP contribution >= 0.6 is 0 Å². The fraction of sp³-hybridized carbons (Fsp3) is 0.421. The van der Waals surface area contributed by atoms with Gasteiger partial charge in [-0.1, -0.05) is 0 Å². The van der Waals surface area contributed by atoms with E-state index in [9.17, 15) is 4.79 Å². The van der Waals surface area contributed by atoms with Gasteiger partial charge in [-0.15, -0.1) is 10.2 Å². The van der Waals surface area contributed by atoms with Crippen LogP contribution in [0.4, 0.5) is 0 Å². The molecule has 0 spiro atoms. The van der Waals surface area contributed by atoms with E-state index in [0.29, 0.717) is 24.0 Å². The van der Waals surface area contributed by atoms with Gasteiger partial charge in [0, 0.05) is 49.2 Å². The summed E-state index contributed by atoms with van der Waals surface area (Å²) in [4.78, 5) is 23.9. The first kappa shape index (κ1) is 17.4. The van der Waals surface area contributed by atoms with Gasteiger partial charge in [0.1, 0.15) is 24.3 Å². The smallest absolute Gasteiger partial charge is 0.254 e. The number of aromatic nitrogens is 6. The Labute approximate surface area is 157 Å². The minimum atomic E-state index is 0.0269. The van der Waals surface area contributed by atoms with Crippen molar-refractivity contribution in [2.45, 2.75) is 38.6 Å². The highest BCUT2D eigenvalue weighted by atomic mass is 16.2.